The van der Waals surface area contributed by atoms with Crippen molar-refractivity contribution in [3.8, 4) is 0 Å². The molecular formula is C17H22IN3O9. The van der Waals surface area contributed by atoms with Crippen LogP contribution in [-0.4, -0.2) is 69.9 Å². The van der Waals surface area contributed by atoms with Crippen LogP contribution in [0.4, 0.5) is 0 Å². The third-order valence-corrected chi connectivity index (χ3v) is 4.70. The lowest BCUT2D eigenvalue weighted by atomic mass is 9.97. The Morgan fingerprint density at radius 3 is 2.03 bits per heavy atom. The van der Waals surface area contributed by atoms with Gasteiger partial charge in [0.1, 0.15) is 12.7 Å². The average molecular weight is 539 g/mol. The molecule has 0 aromatic carbocycles. The number of ether oxygens (including phenoxy) is 5. The first-order valence-electron chi connectivity index (χ1n) is 8.89. The van der Waals surface area contributed by atoms with Crippen LogP contribution in [0.2, 0.25) is 0 Å². The molecule has 2 heterocycles. The van der Waals surface area contributed by atoms with Crippen LogP contribution in [0.3, 0.4) is 0 Å². The van der Waals surface area contributed by atoms with E-state index in [4.69, 9.17) is 23.7 Å². The van der Waals surface area contributed by atoms with Gasteiger partial charge < -0.3 is 23.7 Å². The second-order valence-corrected chi connectivity index (χ2v) is 7.18. The van der Waals surface area contributed by atoms with Crippen molar-refractivity contribution in [2.24, 2.45) is 0 Å². The fourth-order valence-corrected chi connectivity index (χ4v) is 3.27. The summed E-state index contributed by atoms with van der Waals surface area (Å²) in [6, 6.07) is 0. The van der Waals surface area contributed by atoms with Crippen LogP contribution in [0.25, 0.3) is 0 Å². The molecule has 0 N–H and O–H groups in total. The highest BCUT2D eigenvalue weighted by Crippen LogP contribution is 2.34. The minimum absolute atomic E-state index is 0.303. The molecule has 0 amide bonds. The maximum atomic E-state index is 11.8. The lowest BCUT2D eigenvalue weighted by Gasteiger charge is -2.44. The molecule has 0 radical (unpaired) electrons. The molecule has 1 aromatic rings. The fraction of sp³-hybridized carbons (Fsp3) is 0.647. The largest absolute Gasteiger partial charge is 0.463 e. The summed E-state index contributed by atoms with van der Waals surface area (Å²) in [5.74, 6) is -2.66. The molecule has 0 bridgehead atoms. The molecule has 0 spiro atoms. The van der Waals surface area contributed by atoms with Gasteiger partial charge >= 0.3 is 23.9 Å². The maximum absolute atomic E-state index is 11.8. The number of hydrogen-bond donors (Lipinski definition) is 0. The van der Waals surface area contributed by atoms with Gasteiger partial charge in [-0.1, -0.05) is 27.8 Å². The van der Waals surface area contributed by atoms with Gasteiger partial charge in [0.05, 0.1) is 11.9 Å². The van der Waals surface area contributed by atoms with E-state index in [1.54, 1.807) is 6.20 Å². The van der Waals surface area contributed by atoms with Crippen LogP contribution >= 0.6 is 22.6 Å². The molecule has 1 aliphatic heterocycles. The van der Waals surface area contributed by atoms with Crippen molar-refractivity contribution in [1.82, 2.24) is 15.0 Å². The molecule has 2 rings (SSSR count). The SMILES string of the molecule is CC(=O)OC[C@@H]1O[C@@H](n2cc(CI)nn2)[C@@H](OC(C)=O)[C@@H](OC(C)=O)[C@@H]1OC(C)=O. The Kier molecular flexibility index (Phi) is 8.52. The number of hydrogen-bond acceptors (Lipinski definition) is 11. The third kappa shape index (κ3) is 6.35. The summed E-state index contributed by atoms with van der Waals surface area (Å²) in [6.45, 7) is 4.39. The van der Waals surface area contributed by atoms with Gasteiger partial charge in [-0.25, -0.2) is 4.68 Å². The predicted octanol–water partition coefficient (Wildman–Crippen LogP) is 0.469. The summed E-state index contributed by atoms with van der Waals surface area (Å²) >= 11 is 2.10. The Hall–Kier alpha value is -2.29. The van der Waals surface area contributed by atoms with Gasteiger partial charge in [-0.3, -0.25) is 19.2 Å². The number of rotatable bonds is 7. The predicted molar refractivity (Wildman–Crippen MR) is 105 cm³/mol. The Morgan fingerprint density at radius 1 is 0.967 bits per heavy atom. The van der Waals surface area contributed by atoms with Gasteiger partial charge in [0.25, 0.3) is 0 Å². The van der Waals surface area contributed by atoms with Crippen LogP contribution in [0, 0.1) is 0 Å². The van der Waals surface area contributed by atoms with Crippen molar-refractivity contribution < 1.29 is 42.9 Å². The van der Waals surface area contributed by atoms with E-state index in [2.05, 4.69) is 32.9 Å². The zero-order valence-corrected chi connectivity index (χ0v) is 18.9. The number of alkyl halides is 1. The van der Waals surface area contributed by atoms with Gasteiger partial charge in [0, 0.05) is 32.1 Å². The normalized spacial score (nSPS) is 25.8. The average Bonchev–Trinajstić information content (AvgIpc) is 3.11. The molecule has 1 saturated heterocycles. The number of carbonyl (C=O) groups excluding carboxylic acids is 4. The van der Waals surface area contributed by atoms with E-state index >= 15 is 0 Å². The fourth-order valence-electron chi connectivity index (χ4n) is 2.92. The zero-order valence-electron chi connectivity index (χ0n) is 16.8. The molecular weight excluding hydrogens is 517 g/mol. The van der Waals surface area contributed by atoms with Gasteiger partial charge in [-0.2, -0.15) is 0 Å². The Bertz CT molecular complexity index is 799. The highest BCUT2D eigenvalue weighted by atomic mass is 127. The molecule has 12 nitrogen and oxygen atoms in total. The first-order chi connectivity index (χ1) is 14.1. The summed E-state index contributed by atoms with van der Waals surface area (Å²) in [4.78, 5) is 46.5. The summed E-state index contributed by atoms with van der Waals surface area (Å²) in [6.07, 6.45) is -4.22. The Morgan fingerprint density at radius 2 is 1.53 bits per heavy atom. The van der Waals surface area contributed by atoms with Crippen molar-refractivity contribution in [2.75, 3.05) is 6.61 Å². The molecule has 0 saturated carbocycles. The number of nitrogens with zero attached hydrogens (tertiary/aromatic N) is 3. The number of halogens is 1. The molecule has 1 aliphatic rings. The lowest BCUT2D eigenvalue weighted by Crippen LogP contribution is -2.60. The van der Waals surface area contributed by atoms with Crippen LogP contribution < -0.4 is 0 Å². The molecule has 0 aliphatic carbocycles. The number of carbonyl (C=O) groups is 4. The molecule has 13 heteroatoms. The summed E-state index contributed by atoms with van der Waals surface area (Å²) in [7, 11) is 0. The topological polar surface area (TPSA) is 145 Å². The number of aromatic nitrogens is 3. The van der Waals surface area contributed by atoms with E-state index in [0.29, 0.717) is 10.1 Å². The standard InChI is InChI=1S/C17H22IN3O9/c1-8(22)26-7-13-14(27-9(2)23)15(28-10(3)24)16(29-11(4)25)17(30-13)21-6-12(5-18)19-20-21/h6,13-17H,5,7H2,1-4H3/t13-,14+,15-,16-,17+/m0/s1. The zero-order chi connectivity index (χ0) is 22.4. The van der Waals surface area contributed by atoms with E-state index in [1.165, 1.54) is 18.5 Å². The molecule has 1 aromatic heterocycles. The van der Waals surface area contributed by atoms with Crippen molar-refractivity contribution >= 4 is 46.5 Å². The monoisotopic (exact) mass is 539 g/mol. The Labute approximate surface area is 185 Å². The second kappa shape index (κ2) is 10.7. The number of esters is 4. The smallest absolute Gasteiger partial charge is 0.303 e. The van der Waals surface area contributed by atoms with Crippen LogP contribution in [0.1, 0.15) is 39.6 Å². The molecule has 30 heavy (non-hydrogen) atoms. The molecule has 1 fully saturated rings. The highest BCUT2D eigenvalue weighted by Gasteiger charge is 2.53. The van der Waals surface area contributed by atoms with Crippen molar-refractivity contribution in [2.45, 2.75) is 62.8 Å². The van der Waals surface area contributed by atoms with E-state index in [-0.39, 0.29) is 6.61 Å². The lowest BCUT2D eigenvalue weighted by molar-refractivity contribution is -0.270. The van der Waals surface area contributed by atoms with E-state index in [9.17, 15) is 19.2 Å². The van der Waals surface area contributed by atoms with Gasteiger partial charge in [0.2, 0.25) is 0 Å². The summed E-state index contributed by atoms with van der Waals surface area (Å²) in [5, 5.41) is 7.97. The molecule has 166 valence electrons. The van der Waals surface area contributed by atoms with Crippen molar-refractivity contribution in [3.05, 3.63) is 11.9 Å². The Balaban J connectivity index is 2.50. The van der Waals surface area contributed by atoms with E-state index < -0.39 is 54.5 Å². The first-order valence-corrected chi connectivity index (χ1v) is 10.4. The minimum atomic E-state index is -1.25. The summed E-state index contributed by atoms with van der Waals surface area (Å²) < 4.78 is 28.9. The van der Waals surface area contributed by atoms with Crippen molar-refractivity contribution in [1.29, 1.82) is 0 Å². The van der Waals surface area contributed by atoms with Gasteiger partial charge in [-0.05, 0) is 0 Å². The minimum Gasteiger partial charge on any atom is -0.463 e. The first kappa shape index (κ1) is 24.0. The van der Waals surface area contributed by atoms with E-state index in [1.807, 2.05) is 0 Å². The molecule has 0 unspecified atom stereocenters. The highest BCUT2D eigenvalue weighted by molar-refractivity contribution is 14.1. The quantitative estimate of drug-likeness (QED) is 0.206. The second-order valence-electron chi connectivity index (χ2n) is 6.41. The van der Waals surface area contributed by atoms with E-state index in [0.717, 1.165) is 13.8 Å². The van der Waals surface area contributed by atoms with Crippen LogP contribution in [0.5, 0.6) is 0 Å². The maximum Gasteiger partial charge on any atom is 0.303 e. The van der Waals surface area contributed by atoms with Crippen molar-refractivity contribution in [3.63, 3.8) is 0 Å². The van der Waals surface area contributed by atoms with Crippen LogP contribution in [-0.2, 0) is 47.3 Å². The molecule has 5 atom stereocenters. The summed E-state index contributed by atoms with van der Waals surface area (Å²) in [5.41, 5.74) is 0.628. The van der Waals surface area contributed by atoms with Crippen LogP contribution in [0.15, 0.2) is 6.20 Å². The van der Waals surface area contributed by atoms with Gasteiger partial charge in [-0.15, -0.1) is 5.10 Å². The third-order valence-electron chi connectivity index (χ3n) is 3.92. The van der Waals surface area contributed by atoms with Gasteiger partial charge in [0.15, 0.2) is 24.5 Å².